The van der Waals surface area contributed by atoms with E-state index in [1.807, 2.05) is 24.3 Å². The molecule has 2 aromatic rings. The van der Waals surface area contributed by atoms with Gasteiger partial charge in [-0.25, -0.2) is 0 Å². The van der Waals surface area contributed by atoms with Gasteiger partial charge in [0.1, 0.15) is 6.10 Å². The van der Waals surface area contributed by atoms with Crippen LogP contribution < -0.4 is 0 Å². The van der Waals surface area contributed by atoms with Gasteiger partial charge in [0.15, 0.2) is 5.78 Å². The number of hydrogen-bond donors (Lipinski definition) is 1. The Hall–Kier alpha value is -0.470. The molecule has 0 saturated carbocycles. The van der Waals surface area contributed by atoms with Gasteiger partial charge in [-0.1, -0.05) is 24.3 Å². The first-order valence-corrected chi connectivity index (χ1v) is 7.47. The van der Waals surface area contributed by atoms with Crippen molar-refractivity contribution in [2.75, 3.05) is 0 Å². The van der Waals surface area contributed by atoms with Crippen molar-refractivity contribution in [2.24, 2.45) is 0 Å². The topological polar surface area (TPSA) is 37.3 Å². The van der Waals surface area contributed by atoms with E-state index in [0.717, 1.165) is 7.14 Å². The van der Waals surface area contributed by atoms with E-state index in [1.54, 1.807) is 24.3 Å². The lowest BCUT2D eigenvalue weighted by Gasteiger charge is -2.10. The number of hydrogen-bond acceptors (Lipinski definition) is 2. The molecule has 0 amide bonds. The zero-order valence-corrected chi connectivity index (χ0v) is 13.6. The van der Waals surface area contributed by atoms with E-state index in [0.29, 0.717) is 11.1 Å². The standard InChI is InChI=1S/C14H10I2O2/c15-11-5-1-9(2-6-11)13(17)14(18)10-3-7-12(16)8-4-10/h1-8,13,17H. The van der Waals surface area contributed by atoms with Gasteiger partial charge in [-0.3, -0.25) is 4.79 Å². The van der Waals surface area contributed by atoms with Crippen LogP contribution >= 0.6 is 45.2 Å². The fourth-order valence-electron chi connectivity index (χ4n) is 1.57. The fourth-order valence-corrected chi connectivity index (χ4v) is 2.29. The number of rotatable bonds is 3. The zero-order chi connectivity index (χ0) is 13.1. The van der Waals surface area contributed by atoms with Crippen LogP contribution in [0.25, 0.3) is 0 Å². The van der Waals surface area contributed by atoms with Crippen LogP contribution in [0.3, 0.4) is 0 Å². The Morgan fingerprint density at radius 1 is 0.889 bits per heavy atom. The number of carbonyl (C=O) groups excluding carboxylic acids is 1. The highest BCUT2D eigenvalue weighted by Gasteiger charge is 2.18. The average molecular weight is 464 g/mol. The minimum absolute atomic E-state index is 0.271. The number of halogens is 2. The lowest BCUT2D eigenvalue weighted by molar-refractivity contribution is 0.0747. The van der Waals surface area contributed by atoms with Gasteiger partial charge in [-0.2, -0.15) is 0 Å². The third kappa shape index (κ3) is 3.30. The number of benzene rings is 2. The van der Waals surface area contributed by atoms with Gasteiger partial charge in [0.2, 0.25) is 0 Å². The summed E-state index contributed by atoms with van der Waals surface area (Å²) < 4.78 is 2.14. The minimum atomic E-state index is -1.10. The third-order valence-corrected chi connectivity index (χ3v) is 4.00. The molecular weight excluding hydrogens is 454 g/mol. The van der Waals surface area contributed by atoms with Gasteiger partial charge in [0.25, 0.3) is 0 Å². The molecule has 1 N–H and O–H groups in total. The Bertz CT molecular complexity index is 547. The molecule has 0 aliphatic carbocycles. The van der Waals surface area contributed by atoms with Crippen molar-refractivity contribution in [3.63, 3.8) is 0 Å². The number of Topliss-reactive ketones (excluding diaryl/α,β-unsaturated/α-hetero) is 1. The molecule has 1 atom stereocenters. The normalized spacial score (nSPS) is 12.2. The van der Waals surface area contributed by atoms with Gasteiger partial charge < -0.3 is 5.11 Å². The Kier molecular flexibility index (Phi) is 4.74. The van der Waals surface area contributed by atoms with E-state index in [9.17, 15) is 9.90 Å². The molecule has 0 radical (unpaired) electrons. The molecule has 92 valence electrons. The second-order valence-electron chi connectivity index (χ2n) is 3.83. The summed E-state index contributed by atoms with van der Waals surface area (Å²) in [7, 11) is 0. The predicted molar refractivity (Wildman–Crippen MR) is 87.6 cm³/mol. The van der Waals surface area contributed by atoms with Crippen LogP contribution in [0.1, 0.15) is 22.0 Å². The zero-order valence-electron chi connectivity index (χ0n) is 9.31. The van der Waals surface area contributed by atoms with Gasteiger partial charge >= 0.3 is 0 Å². The quantitative estimate of drug-likeness (QED) is 0.555. The SMILES string of the molecule is O=C(c1ccc(I)cc1)C(O)c1ccc(I)cc1. The summed E-state index contributed by atoms with van der Waals surface area (Å²) in [6, 6.07) is 14.5. The summed E-state index contributed by atoms with van der Waals surface area (Å²) in [6.45, 7) is 0. The predicted octanol–water partition coefficient (Wildman–Crippen LogP) is 3.81. The van der Waals surface area contributed by atoms with Gasteiger partial charge in [-0.15, -0.1) is 0 Å². The summed E-state index contributed by atoms with van der Waals surface area (Å²) >= 11 is 4.36. The van der Waals surface area contributed by atoms with Crippen LogP contribution in [0.2, 0.25) is 0 Å². The van der Waals surface area contributed by atoms with E-state index < -0.39 is 6.10 Å². The van der Waals surface area contributed by atoms with Crippen LogP contribution in [0, 0.1) is 7.14 Å². The minimum Gasteiger partial charge on any atom is -0.380 e. The molecule has 0 saturated heterocycles. The highest BCUT2D eigenvalue weighted by atomic mass is 127. The van der Waals surface area contributed by atoms with E-state index in [-0.39, 0.29) is 5.78 Å². The Labute approximate surface area is 133 Å². The molecular formula is C14H10I2O2. The van der Waals surface area contributed by atoms with Gasteiger partial charge in [-0.05, 0) is 75.0 Å². The molecule has 4 heteroatoms. The highest BCUT2D eigenvalue weighted by Crippen LogP contribution is 2.20. The van der Waals surface area contributed by atoms with Crippen LogP contribution in [-0.4, -0.2) is 10.9 Å². The maximum atomic E-state index is 12.1. The molecule has 0 bridgehead atoms. The first-order chi connectivity index (χ1) is 8.58. The van der Waals surface area contributed by atoms with Crippen molar-refractivity contribution in [1.82, 2.24) is 0 Å². The highest BCUT2D eigenvalue weighted by molar-refractivity contribution is 14.1. The van der Waals surface area contributed by atoms with Gasteiger partial charge in [0, 0.05) is 12.7 Å². The lowest BCUT2D eigenvalue weighted by atomic mass is 10.0. The summed E-state index contributed by atoms with van der Waals surface area (Å²) in [5.74, 6) is -0.271. The van der Waals surface area contributed by atoms with E-state index in [4.69, 9.17) is 0 Å². The Morgan fingerprint density at radius 2 is 1.33 bits per heavy atom. The lowest BCUT2D eigenvalue weighted by Crippen LogP contribution is -2.12. The number of ketones is 1. The molecule has 2 nitrogen and oxygen atoms in total. The molecule has 2 rings (SSSR count). The van der Waals surface area contributed by atoms with Crippen molar-refractivity contribution in [2.45, 2.75) is 6.10 Å². The van der Waals surface area contributed by atoms with Crippen molar-refractivity contribution < 1.29 is 9.90 Å². The van der Waals surface area contributed by atoms with Gasteiger partial charge in [0.05, 0.1) is 0 Å². The van der Waals surface area contributed by atoms with Crippen LogP contribution in [0.4, 0.5) is 0 Å². The number of aliphatic hydroxyl groups excluding tert-OH is 1. The average Bonchev–Trinajstić information content (AvgIpc) is 2.39. The van der Waals surface area contributed by atoms with Crippen molar-refractivity contribution in [3.8, 4) is 0 Å². The summed E-state index contributed by atoms with van der Waals surface area (Å²) in [5.41, 5.74) is 1.15. The van der Waals surface area contributed by atoms with Crippen molar-refractivity contribution in [3.05, 3.63) is 66.8 Å². The molecule has 1 unspecified atom stereocenters. The summed E-state index contributed by atoms with van der Waals surface area (Å²) in [4.78, 5) is 12.1. The van der Waals surface area contributed by atoms with Crippen LogP contribution in [0.5, 0.6) is 0 Å². The van der Waals surface area contributed by atoms with E-state index in [1.165, 1.54) is 0 Å². The molecule has 0 fully saturated rings. The monoisotopic (exact) mass is 464 g/mol. The fraction of sp³-hybridized carbons (Fsp3) is 0.0714. The molecule has 0 spiro atoms. The molecule has 0 aromatic heterocycles. The Morgan fingerprint density at radius 3 is 1.83 bits per heavy atom. The van der Waals surface area contributed by atoms with E-state index in [2.05, 4.69) is 45.2 Å². The number of aliphatic hydroxyl groups is 1. The van der Waals surface area contributed by atoms with Crippen molar-refractivity contribution >= 4 is 51.0 Å². The second-order valence-corrected chi connectivity index (χ2v) is 6.32. The van der Waals surface area contributed by atoms with Crippen molar-refractivity contribution in [1.29, 1.82) is 0 Å². The molecule has 0 heterocycles. The van der Waals surface area contributed by atoms with Crippen LogP contribution in [0.15, 0.2) is 48.5 Å². The summed E-state index contributed by atoms with van der Waals surface area (Å²) in [5, 5.41) is 10.0. The first-order valence-electron chi connectivity index (χ1n) is 5.31. The first kappa shape index (κ1) is 14.0. The smallest absolute Gasteiger partial charge is 0.195 e. The largest absolute Gasteiger partial charge is 0.380 e. The second kappa shape index (κ2) is 6.12. The maximum absolute atomic E-state index is 12.1. The summed E-state index contributed by atoms with van der Waals surface area (Å²) in [6.07, 6.45) is -1.10. The maximum Gasteiger partial charge on any atom is 0.195 e. The molecule has 0 aliphatic heterocycles. The third-order valence-electron chi connectivity index (χ3n) is 2.56. The molecule has 18 heavy (non-hydrogen) atoms. The molecule has 0 aliphatic rings. The molecule has 2 aromatic carbocycles. The Balaban J connectivity index is 2.23. The van der Waals surface area contributed by atoms with Crippen LogP contribution in [-0.2, 0) is 0 Å². The van der Waals surface area contributed by atoms with E-state index >= 15 is 0 Å². The number of carbonyl (C=O) groups is 1.